The molecule has 0 saturated carbocycles. The van der Waals surface area contributed by atoms with Gasteiger partial charge < -0.3 is 0 Å². The number of thioether (sulfide) groups is 1. The number of imide groups is 1. The Labute approximate surface area is 176 Å². The van der Waals surface area contributed by atoms with Gasteiger partial charge in [-0.15, -0.1) is 11.8 Å². The van der Waals surface area contributed by atoms with E-state index in [4.69, 9.17) is 0 Å². The normalized spacial score (nSPS) is 20.4. The quantitative estimate of drug-likeness (QED) is 0.285. The average Bonchev–Trinajstić information content (AvgIpc) is 2.94. The van der Waals surface area contributed by atoms with Crippen molar-refractivity contribution in [3.63, 3.8) is 0 Å². The van der Waals surface area contributed by atoms with Crippen LogP contribution in [0.15, 0.2) is 24.3 Å². The Morgan fingerprint density at radius 3 is 2.39 bits per heavy atom. The predicted molar refractivity (Wildman–Crippen MR) is 124 cm³/mol. The molecule has 1 aromatic carbocycles. The molecule has 1 saturated heterocycles. The minimum atomic E-state index is -0.224. The molecule has 1 aliphatic heterocycles. The van der Waals surface area contributed by atoms with Crippen molar-refractivity contribution < 1.29 is 9.59 Å². The summed E-state index contributed by atoms with van der Waals surface area (Å²) in [6.07, 6.45) is 7.31. The van der Waals surface area contributed by atoms with Crippen LogP contribution in [0.2, 0.25) is 5.82 Å². The summed E-state index contributed by atoms with van der Waals surface area (Å²) in [5, 5.41) is 0.242. The summed E-state index contributed by atoms with van der Waals surface area (Å²) in [5.74, 6) is 1.04. The first kappa shape index (κ1) is 23.1. The highest BCUT2D eigenvalue weighted by Gasteiger charge is 2.40. The molecule has 3 nitrogen and oxygen atoms in total. The van der Waals surface area contributed by atoms with E-state index in [2.05, 4.69) is 47.7 Å². The lowest BCUT2D eigenvalue weighted by Gasteiger charge is -2.20. The topological polar surface area (TPSA) is 37.4 Å². The third-order valence-corrected chi connectivity index (χ3v) is 7.24. The van der Waals surface area contributed by atoms with E-state index in [1.807, 2.05) is 12.1 Å². The Morgan fingerprint density at radius 1 is 1.14 bits per heavy atom. The smallest absolute Gasteiger partial charge is 0.247 e. The fraction of sp³-hybridized carbons (Fsp3) is 0.652. The van der Waals surface area contributed by atoms with Gasteiger partial charge >= 0.3 is 0 Å². The van der Waals surface area contributed by atoms with Gasteiger partial charge in [0.25, 0.3) is 0 Å². The third kappa shape index (κ3) is 6.14. The summed E-state index contributed by atoms with van der Waals surface area (Å²) in [5.41, 5.74) is 1.99. The van der Waals surface area contributed by atoms with E-state index in [0.29, 0.717) is 23.4 Å². The van der Waals surface area contributed by atoms with Gasteiger partial charge in [-0.25, -0.2) is 4.90 Å². The molecule has 0 N–H and O–H groups in total. The molecule has 0 radical (unpaired) electrons. The highest BCUT2D eigenvalue weighted by molar-refractivity contribution is 8.01. The number of amides is 2. The number of unbranched alkanes of at least 4 members (excludes halogenated alkanes) is 2. The Bertz CT molecular complexity index is 647. The Morgan fingerprint density at radius 2 is 1.82 bits per heavy atom. The predicted octanol–water partition coefficient (Wildman–Crippen LogP) is 5.35. The summed E-state index contributed by atoms with van der Waals surface area (Å²) >= 11 is 1.72. The lowest BCUT2D eigenvalue weighted by atomic mass is 9.80. The maximum absolute atomic E-state index is 12.9. The maximum Gasteiger partial charge on any atom is 0.247 e. The van der Waals surface area contributed by atoms with E-state index in [1.165, 1.54) is 29.7 Å². The van der Waals surface area contributed by atoms with Gasteiger partial charge in [0.05, 0.1) is 10.9 Å². The second-order valence-corrected chi connectivity index (χ2v) is 10.1. The molecule has 4 atom stereocenters. The minimum absolute atomic E-state index is 0.0353. The van der Waals surface area contributed by atoms with E-state index >= 15 is 0 Å². The lowest BCUT2D eigenvalue weighted by molar-refractivity contribution is -0.121. The van der Waals surface area contributed by atoms with Gasteiger partial charge in [0.1, 0.15) is 7.85 Å². The molecule has 28 heavy (non-hydrogen) atoms. The number of carbonyl (C=O) groups is 2. The number of rotatable bonds is 11. The Balaban J connectivity index is 2.02. The van der Waals surface area contributed by atoms with Crippen molar-refractivity contribution in [1.29, 1.82) is 0 Å². The minimum Gasteiger partial charge on any atom is -0.274 e. The zero-order valence-corrected chi connectivity index (χ0v) is 19.1. The summed E-state index contributed by atoms with van der Waals surface area (Å²) in [6.45, 7) is 8.85. The average molecular weight is 401 g/mol. The van der Waals surface area contributed by atoms with Crippen molar-refractivity contribution in [2.75, 3.05) is 4.90 Å². The summed E-state index contributed by atoms with van der Waals surface area (Å²) < 4.78 is 0. The highest BCUT2D eigenvalue weighted by atomic mass is 32.2. The lowest BCUT2D eigenvalue weighted by Crippen LogP contribution is -2.31. The first-order valence-corrected chi connectivity index (χ1v) is 11.9. The van der Waals surface area contributed by atoms with Gasteiger partial charge in [-0.05, 0) is 36.5 Å². The molecule has 0 bridgehead atoms. The Hall–Kier alpha value is -1.23. The maximum atomic E-state index is 12.9. The largest absolute Gasteiger partial charge is 0.274 e. The van der Waals surface area contributed by atoms with Crippen molar-refractivity contribution >= 4 is 37.1 Å². The first-order valence-electron chi connectivity index (χ1n) is 11.0. The van der Waals surface area contributed by atoms with Crippen molar-refractivity contribution in [2.45, 2.75) is 94.9 Å². The summed E-state index contributed by atoms with van der Waals surface area (Å²) in [6, 6.07) is 8.02. The van der Waals surface area contributed by atoms with Crippen LogP contribution in [0, 0.1) is 0 Å². The molecular formula is C23H36BNO2S. The van der Waals surface area contributed by atoms with E-state index in [0.717, 1.165) is 24.9 Å². The molecule has 2 rings (SSSR count). The molecule has 1 heterocycles. The number of nitrogens with zero attached hydrogens (tertiary/aromatic N) is 1. The van der Waals surface area contributed by atoms with E-state index in [1.54, 1.807) is 11.8 Å². The summed E-state index contributed by atoms with van der Waals surface area (Å²) in [7, 11) is 2.23. The number of carbonyl (C=O) groups excluding carboxylic acids is 2. The van der Waals surface area contributed by atoms with Gasteiger partial charge in [0.15, 0.2) is 0 Å². The van der Waals surface area contributed by atoms with Gasteiger partial charge in [-0.1, -0.05) is 71.3 Å². The van der Waals surface area contributed by atoms with Crippen LogP contribution in [-0.2, 0) is 9.59 Å². The highest BCUT2D eigenvalue weighted by Crippen LogP contribution is 2.35. The van der Waals surface area contributed by atoms with Crippen LogP contribution in [0.5, 0.6) is 0 Å². The molecule has 1 aromatic rings. The van der Waals surface area contributed by atoms with Crippen LogP contribution in [0.25, 0.3) is 0 Å². The van der Waals surface area contributed by atoms with Crippen molar-refractivity contribution in [1.82, 2.24) is 0 Å². The Kier molecular flexibility index (Phi) is 9.13. The summed E-state index contributed by atoms with van der Waals surface area (Å²) in [4.78, 5) is 26.9. The van der Waals surface area contributed by atoms with Crippen molar-refractivity contribution in [2.24, 2.45) is 0 Å². The molecule has 2 amide bonds. The zero-order valence-electron chi connectivity index (χ0n) is 18.2. The van der Waals surface area contributed by atoms with Crippen molar-refractivity contribution in [3.8, 4) is 0 Å². The number of anilines is 1. The molecule has 0 spiro atoms. The van der Waals surface area contributed by atoms with Gasteiger partial charge in [-0.3, -0.25) is 9.59 Å². The first-order chi connectivity index (χ1) is 13.4. The van der Waals surface area contributed by atoms with Gasteiger partial charge in [0.2, 0.25) is 11.8 Å². The third-order valence-electron chi connectivity index (χ3n) is 5.59. The number of benzene rings is 1. The monoisotopic (exact) mass is 401 g/mol. The van der Waals surface area contributed by atoms with Gasteiger partial charge in [0, 0.05) is 11.7 Å². The van der Waals surface area contributed by atoms with Crippen LogP contribution in [0.1, 0.15) is 84.1 Å². The van der Waals surface area contributed by atoms with Crippen LogP contribution >= 0.6 is 11.8 Å². The van der Waals surface area contributed by atoms with Crippen LogP contribution in [0.3, 0.4) is 0 Å². The SMILES string of the molecule is BC(C)CC(C)c1ccc(N2C(=O)CC(SC(CC)CCCCC)C2=O)cc1. The molecule has 154 valence electrons. The number of hydrogen-bond acceptors (Lipinski definition) is 3. The molecule has 1 aliphatic rings. The van der Waals surface area contributed by atoms with Crippen LogP contribution in [-0.4, -0.2) is 30.2 Å². The second kappa shape index (κ2) is 11.1. The van der Waals surface area contributed by atoms with E-state index < -0.39 is 0 Å². The van der Waals surface area contributed by atoms with Crippen LogP contribution in [0.4, 0.5) is 5.69 Å². The number of hydrogen-bond donors (Lipinski definition) is 0. The standard InChI is InChI=1S/C23H36BNO2S/c1-5-7-8-9-20(6-2)28-21-15-22(26)25(23(21)27)19-12-10-18(11-13-19)16(3)14-17(4)24/h10-13,16-17,20-21H,5-9,14-15,24H2,1-4H3. The second-order valence-electron chi connectivity index (χ2n) is 8.54. The van der Waals surface area contributed by atoms with Gasteiger partial charge in [-0.2, -0.15) is 0 Å². The molecule has 4 unspecified atom stereocenters. The molecule has 0 aromatic heterocycles. The van der Waals surface area contributed by atoms with E-state index in [9.17, 15) is 9.59 Å². The molecule has 1 fully saturated rings. The fourth-order valence-corrected chi connectivity index (χ4v) is 5.42. The van der Waals surface area contributed by atoms with Crippen molar-refractivity contribution in [3.05, 3.63) is 29.8 Å². The fourth-order valence-electron chi connectivity index (χ4n) is 4.00. The van der Waals surface area contributed by atoms with E-state index in [-0.39, 0.29) is 17.1 Å². The molecule has 0 aliphatic carbocycles. The molecule has 5 heteroatoms. The molecular weight excluding hydrogens is 365 g/mol. The van der Waals surface area contributed by atoms with Crippen LogP contribution < -0.4 is 4.90 Å². The zero-order chi connectivity index (χ0) is 20.7.